The van der Waals surface area contributed by atoms with Crippen molar-refractivity contribution in [3.8, 4) is 0 Å². The molecule has 1 aromatic rings. The maximum Gasteiger partial charge on any atom is 0.0761 e. The fourth-order valence-corrected chi connectivity index (χ4v) is 2.65. The van der Waals surface area contributed by atoms with Gasteiger partial charge in [-0.15, -0.1) is 0 Å². The molecule has 0 bridgehead atoms. The first-order chi connectivity index (χ1) is 8.58. The summed E-state index contributed by atoms with van der Waals surface area (Å²) in [6.45, 7) is 4.15. The van der Waals surface area contributed by atoms with Crippen LogP contribution in [0.4, 0.5) is 5.69 Å². The molecule has 2 atom stereocenters. The van der Waals surface area contributed by atoms with Crippen molar-refractivity contribution < 1.29 is 5.11 Å². The number of piperidine rings is 1. The molecular weight excluding hydrogens is 224 g/mol. The van der Waals surface area contributed by atoms with Gasteiger partial charge in [0.1, 0.15) is 0 Å². The maximum atomic E-state index is 9.52. The third kappa shape index (κ3) is 3.03. The van der Waals surface area contributed by atoms with Crippen molar-refractivity contribution in [2.24, 2.45) is 0 Å². The second kappa shape index (κ2) is 5.72. The van der Waals surface area contributed by atoms with E-state index < -0.39 is 0 Å². The zero-order valence-corrected chi connectivity index (χ0v) is 11.6. The van der Waals surface area contributed by atoms with Crippen molar-refractivity contribution in [2.45, 2.75) is 31.9 Å². The molecule has 100 valence electrons. The number of benzene rings is 1. The Labute approximate surface area is 110 Å². The van der Waals surface area contributed by atoms with Crippen LogP contribution in [0.1, 0.15) is 31.4 Å². The van der Waals surface area contributed by atoms with Gasteiger partial charge in [0.25, 0.3) is 0 Å². The number of aliphatic hydroxyl groups is 1. The molecule has 2 unspecified atom stereocenters. The first-order valence-corrected chi connectivity index (χ1v) is 6.77. The van der Waals surface area contributed by atoms with Crippen molar-refractivity contribution in [2.75, 3.05) is 32.1 Å². The Balaban J connectivity index is 2.05. The summed E-state index contributed by atoms with van der Waals surface area (Å²) in [6, 6.07) is 8.85. The van der Waals surface area contributed by atoms with Gasteiger partial charge in [-0.05, 0) is 51.1 Å². The van der Waals surface area contributed by atoms with Gasteiger partial charge in [0.15, 0.2) is 0 Å². The second-order valence-electron chi connectivity index (χ2n) is 5.44. The molecule has 3 nitrogen and oxygen atoms in total. The molecule has 1 aliphatic heterocycles. The molecule has 18 heavy (non-hydrogen) atoms. The third-order valence-electron chi connectivity index (χ3n) is 3.93. The van der Waals surface area contributed by atoms with Crippen LogP contribution in [0.2, 0.25) is 0 Å². The summed E-state index contributed by atoms with van der Waals surface area (Å²) in [6.07, 6.45) is 2.15. The monoisotopic (exact) mass is 248 g/mol. The standard InChI is InChI=1S/C15H24N2O/c1-12(18)13-6-8-14(9-7-13)17(3)15-5-4-10-16(2)11-15/h6-9,12,15,18H,4-5,10-11H2,1-3H3. The Morgan fingerprint density at radius 2 is 2.00 bits per heavy atom. The van der Waals surface area contributed by atoms with Gasteiger partial charge in [0, 0.05) is 25.3 Å². The molecule has 3 heteroatoms. The summed E-state index contributed by atoms with van der Waals surface area (Å²) in [5.41, 5.74) is 2.22. The number of nitrogens with zero attached hydrogens (tertiary/aromatic N) is 2. The Bertz CT molecular complexity index is 375. The molecule has 1 fully saturated rings. The van der Waals surface area contributed by atoms with Crippen LogP contribution in [0, 0.1) is 0 Å². The molecule has 0 aliphatic carbocycles. The molecule has 1 aliphatic rings. The maximum absolute atomic E-state index is 9.52. The van der Waals surface area contributed by atoms with Crippen molar-refractivity contribution in [3.63, 3.8) is 0 Å². The van der Waals surface area contributed by atoms with Crippen LogP contribution < -0.4 is 4.90 Å². The van der Waals surface area contributed by atoms with Crippen LogP contribution in [-0.2, 0) is 0 Å². The SMILES string of the molecule is CC(O)c1ccc(N(C)C2CCCN(C)C2)cc1. The number of hydrogen-bond acceptors (Lipinski definition) is 3. The summed E-state index contributed by atoms with van der Waals surface area (Å²) < 4.78 is 0. The molecule has 1 saturated heterocycles. The fourth-order valence-electron chi connectivity index (χ4n) is 2.65. The van der Waals surface area contributed by atoms with Gasteiger partial charge in [-0.2, -0.15) is 0 Å². The quantitative estimate of drug-likeness (QED) is 0.889. The number of likely N-dealkylation sites (tertiary alicyclic amines) is 1. The van der Waals surface area contributed by atoms with E-state index in [0.717, 1.165) is 12.1 Å². The molecule has 0 saturated carbocycles. The molecule has 1 N–H and O–H groups in total. The van der Waals surface area contributed by atoms with Crippen molar-refractivity contribution in [3.05, 3.63) is 29.8 Å². The Morgan fingerprint density at radius 1 is 1.33 bits per heavy atom. The number of anilines is 1. The number of aliphatic hydroxyl groups excluding tert-OH is 1. The molecule has 0 spiro atoms. The smallest absolute Gasteiger partial charge is 0.0761 e. The summed E-state index contributed by atoms with van der Waals surface area (Å²) in [5.74, 6) is 0. The predicted octanol–water partition coefficient (Wildman–Crippen LogP) is 2.27. The van der Waals surface area contributed by atoms with Gasteiger partial charge in [0.2, 0.25) is 0 Å². The van der Waals surface area contributed by atoms with E-state index in [1.54, 1.807) is 6.92 Å². The van der Waals surface area contributed by atoms with Gasteiger partial charge in [-0.3, -0.25) is 0 Å². The van der Waals surface area contributed by atoms with E-state index in [-0.39, 0.29) is 6.10 Å². The Hall–Kier alpha value is -1.06. The van der Waals surface area contributed by atoms with E-state index in [1.165, 1.54) is 25.1 Å². The Kier molecular flexibility index (Phi) is 4.25. The zero-order valence-electron chi connectivity index (χ0n) is 11.6. The lowest BCUT2D eigenvalue weighted by atomic mass is 10.0. The van der Waals surface area contributed by atoms with E-state index in [2.05, 4.69) is 36.0 Å². The lowest BCUT2D eigenvalue weighted by molar-refractivity contribution is 0.199. The first kappa shape index (κ1) is 13.4. The normalized spacial score (nSPS) is 22.8. The van der Waals surface area contributed by atoms with Gasteiger partial charge in [0.05, 0.1) is 6.10 Å². The highest BCUT2D eigenvalue weighted by Crippen LogP contribution is 2.23. The third-order valence-corrected chi connectivity index (χ3v) is 3.93. The summed E-state index contributed by atoms with van der Waals surface area (Å²) in [5, 5.41) is 9.52. The largest absolute Gasteiger partial charge is 0.389 e. The highest BCUT2D eigenvalue weighted by Gasteiger charge is 2.21. The number of rotatable bonds is 3. The van der Waals surface area contributed by atoms with Crippen molar-refractivity contribution >= 4 is 5.69 Å². The van der Waals surface area contributed by atoms with Gasteiger partial charge in [-0.1, -0.05) is 12.1 Å². The van der Waals surface area contributed by atoms with Gasteiger partial charge in [-0.25, -0.2) is 0 Å². The Morgan fingerprint density at radius 3 is 2.56 bits per heavy atom. The molecule has 1 heterocycles. The minimum absolute atomic E-state index is 0.384. The average Bonchev–Trinajstić information content (AvgIpc) is 2.38. The predicted molar refractivity (Wildman–Crippen MR) is 76.0 cm³/mol. The lowest BCUT2D eigenvalue weighted by Crippen LogP contribution is -2.45. The summed E-state index contributed by atoms with van der Waals surface area (Å²) in [4.78, 5) is 4.76. The van der Waals surface area contributed by atoms with Crippen LogP contribution in [0.15, 0.2) is 24.3 Å². The zero-order chi connectivity index (χ0) is 13.1. The van der Waals surface area contributed by atoms with E-state index in [4.69, 9.17) is 0 Å². The highest BCUT2D eigenvalue weighted by atomic mass is 16.3. The second-order valence-corrected chi connectivity index (χ2v) is 5.44. The van der Waals surface area contributed by atoms with Crippen LogP contribution >= 0.6 is 0 Å². The van der Waals surface area contributed by atoms with Gasteiger partial charge >= 0.3 is 0 Å². The minimum atomic E-state index is -0.384. The van der Waals surface area contributed by atoms with Gasteiger partial charge < -0.3 is 14.9 Å². The van der Waals surface area contributed by atoms with Crippen LogP contribution in [0.25, 0.3) is 0 Å². The van der Waals surface area contributed by atoms with E-state index in [1.807, 2.05) is 12.1 Å². The van der Waals surface area contributed by atoms with Crippen LogP contribution in [-0.4, -0.2) is 43.2 Å². The van der Waals surface area contributed by atoms with E-state index >= 15 is 0 Å². The van der Waals surface area contributed by atoms with E-state index in [0.29, 0.717) is 6.04 Å². The molecular formula is C15H24N2O. The average molecular weight is 248 g/mol. The number of hydrogen-bond donors (Lipinski definition) is 1. The molecule has 0 amide bonds. The lowest BCUT2D eigenvalue weighted by Gasteiger charge is -2.37. The van der Waals surface area contributed by atoms with Crippen molar-refractivity contribution in [1.82, 2.24) is 4.90 Å². The first-order valence-electron chi connectivity index (χ1n) is 6.77. The topological polar surface area (TPSA) is 26.7 Å². The van der Waals surface area contributed by atoms with E-state index in [9.17, 15) is 5.11 Å². The minimum Gasteiger partial charge on any atom is -0.389 e. The molecule has 2 rings (SSSR count). The highest BCUT2D eigenvalue weighted by molar-refractivity contribution is 5.48. The summed E-state index contributed by atoms with van der Waals surface area (Å²) in [7, 11) is 4.36. The van der Waals surface area contributed by atoms with Crippen molar-refractivity contribution in [1.29, 1.82) is 0 Å². The fraction of sp³-hybridized carbons (Fsp3) is 0.600. The molecule has 0 aromatic heterocycles. The van der Waals surface area contributed by atoms with Crippen LogP contribution in [0.3, 0.4) is 0 Å². The van der Waals surface area contributed by atoms with Crippen LogP contribution in [0.5, 0.6) is 0 Å². The molecule has 1 aromatic carbocycles. The number of likely N-dealkylation sites (N-methyl/N-ethyl adjacent to an activating group) is 2. The molecule has 0 radical (unpaired) electrons. The summed E-state index contributed by atoms with van der Waals surface area (Å²) >= 11 is 0.